The normalized spacial score (nSPS) is 11.1. The number of halogens is 2. The predicted molar refractivity (Wildman–Crippen MR) is 74.9 cm³/mol. The zero-order valence-electron chi connectivity index (χ0n) is 10.4. The summed E-state index contributed by atoms with van der Waals surface area (Å²) in [5, 5.41) is 0.228. The third-order valence-corrected chi connectivity index (χ3v) is 2.98. The third-order valence-electron chi connectivity index (χ3n) is 2.52. The molecule has 0 aromatic carbocycles. The van der Waals surface area contributed by atoms with Crippen molar-refractivity contribution in [3.05, 3.63) is 32.8 Å². The van der Waals surface area contributed by atoms with Gasteiger partial charge < -0.3 is 4.74 Å². The van der Waals surface area contributed by atoms with Crippen LogP contribution < -0.4 is 5.56 Å². The molecule has 2 aromatic rings. The number of hydrogen-bond acceptors (Lipinski definition) is 4. The molecule has 0 fully saturated rings. The molecule has 102 valence electrons. The second kappa shape index (κ2) is 6.32. The van der Waals surface area contributed by atoms with Crippen LogP contribution in [-0.4, -0.2) is 27.7 Å². The fraction of sp³-hybridized carbons (Fsp3) is 0.417. The Morgan fingerprint density at radius 3 is 2.79 bits per heavy atom. The fourth-order valence-corrected chi connectivity index (χ4v) is 2.01. The summed E-state index contributed by atoms with van der Waals surface area (Å²) in [6.45, 7) is 3.45. The molecule has 0 aliphatic heterocycles. The highest BCUT2D eigenvalue weighted by atomic mass is 35.5. The summed E-state index contributed by atoms with van der Waals surface area (Å²) in [4.78, 5) is 20.1. The van der Waals surface area contributed by atoms with Gasteiger partial charge in [-0.1, -0.05) is 30.1 Å². The van der Waals surface area contributed by atoms with Gasteiger partial charge in [-0.05, 0) is 18.6 Å². The molecule has 0 unspecified atom stereocenters. The number of hydrogen-bond donors (Lipinski definition) is 0. The minimum absolute atomic E-state index is 0.0767. The molecule has 0 radical (unpaired) electrons. The van der Waals surface area contributed by atoms with Gasteiger partial charge in [-0.3, -0.25) is 9.36 Å². The van der Waals surface area contributed by atoms with E-state index in [-0.39, 0.29) is 10.7 Å². The first kappa shape index (κ1) is 14.2. The highest BCUT2D eigenvalue weighted by Crippen LogP contribution is 2.14. The van der Waals surface area contributed by atoms with E-state index < -0.39 is 0 Å². The van der Waals surface area contributed by atoms with Gasteiger partial charge in [-0.15, -0.1) is 0 Å². The third kappa shape index (κ3) is 3.23. The van der Waals surface area contributed by atoms with Crippen LogP contribution in [0.5, 0.6) is 0 Å². The van der Waals surface area contributed by atoms with Crippen LogP contribution in [-0.2, 0) is 11.3 Å². The largest absolute Gasteiger partial charge is 0.380 e. The van der Waals surface area contributed by atoms with Gasteiger partial charge in [0.05, 0.1) is 13.2 Å². The number of pyridine rings is 1. The minimum Gasteiger partial charge on any atom is -0.380 e. The molecule has 0 N–H and O–H groups in total. The summed E-state index contributed by atoms with van der Waals surface area (Å²) in [5.74, 6) is 0. The molecule has 0 aliphatic carbocycles. The van der Waals surface area contributed by atoms with Crippen LogP contribution in [0.15, 0.2) is 16.9 Å². The van der Waals surface area contributed by atoms with Crippen molar-refractivity contribution in [1.29, 1.82) is 0 Å². The lowest BCUT2D eigenvalue weighted by molar-refractivity contribution is 0.127. The van der Waals surface area contributed by atoms with Crippen molar-refractivity contribution < 1.29 is 4.74 Å². The second-order valence-corrected chi connectivity index (χ2v) is 4.69. The lowest BCUT2D eigenvalue weighted by atomic mass is 10.4. The number of fused-ring (bicyclic) bond motifs is 1. The maximum atomic E-state index is 12.0. The smallest absolute Gasteiger partial charge is 0.289 e. The molecule has 0 aliphatic rings. The number of nitrogens with zero attached hydrogens (tertiary/aromatic N) is 3. The molecule has 5 nitrogen and oxygen atoms in total. The van der Waals surface area contributed by atoms with E-state index in [0.29, 0.717) is 36.1 Å². The molecular formula is C12H13Cl2N3O2. The first-order valence-corrected chi connectivity index (χ1v) is 6.69. The van der Waals surface area contributed by atoms with Crippen LogP contribution in [0.2, 0.25) is 10.3 Å². The molecule has 0 bridgehead atoms. The SMILES string of the molecule is CCCOCCn1c(=O)c(Cl)nc2ccc(Cl)nc21. The molecule has 0 saturated heterocycles. The van der Waals surface area contributed by atoms with Crippen molar-refractivity contribution >= 4 is 34.4 Å². The molecule has 19 heavy (non-hydrogen) atoms. The van der Waals surface area contributed by atoms with Gasteiger partial charge in [0.15, 0.2) is 10.8 Å². The van der Waals surface area contributed by atoms with Crippen molar-refractivity contribution in [2.45, 2.75) is 19.9 Å². The van der Waals surface area contributed by atoms with Gasteiger partial charge in [-0.25, -0.2) is 9.97 Å². The van der Waals surface area contributed by atoms with Gasteiger partial charge in [0.1, 0.15) is 10.7 Å². The van der Waals surface area contributed by atoms with Crippen LogP contribution in [0.3, 0.4) is 0 Å². The van der Waals surface area contributed by atoms with Crippen molar-refractivity contribution in [2.75, 3.05) is 13.2 Å². The molecule has 2 heterocycles. The van der Waals surface area contributed by atoms with E-state index in [1.165, 1.54) is 4.57 Å². The van der Waals surface area contributed by atoms with E-state index in [1.807, 2.05) is 6.92 Å². The van der Waals surface area contributed by atoms with E-state index in [9.17, 15) is 4.79 Å². The van der Waals surface area contributed by atoms with Crippen LogP contribution in [0.1, 0.15) is 13.3 Å². The van der Waals surface area contributed by atoms with E-state index in [0.717, 1.165) is 6.42 Å². The molecule has 0 saturated carbocycles. The van der Waals surface area contributed by atoms with Gasteiger partial charge in [0.2, 0.25) is 0 Å². The molecule has 2 aromatic heterocycles. The van der Waals surface area contributed by atoms with Gasteiger partial charge >= 0.3 is 0 Å². The second-order valence-electron chi connectivity index (χ2n) is 3.95. The van der Waals surface area contributed by atoms with E-state index in [4.69, 9.17) is 27.9 Å². The molecule has 7 heteroatoms. The number of rotatable bonds is 5. The average molecular weight is 302 g/mol. The van der Waals surface area contributed by atoms with Crippen LogP contribution in [0, 0.1) is 0 Å². The zero-order valence-corrected chi connectivity index (χ0v) is 11.9. The van der Waals surface area contributed by atoms with Crippen molar-refractivity contribution in [3.8, 4) is 0 Å². The molecule has 0 spiro atoms. The maximum absolute atomic E-state index is 12.0. The zero-order chi connectivity index (χ0) is 13.8. The first-order chi connectivity index (χ1) is 9.13. The Balaban J connectivity index is 2.41. The monoisotopic (exact) mass is 301 g/mol. The summed E-state index contributed by atoms with van der Waals surface area (Å²) < 4.78 is 6.81. The van der Waals surface area contributed by atoms with Crippen LogP contribution in [0.4, 0.5) is 0 Å². The van der Waals surface area contributed by atoms with E-state index in [2.05, 4.69) is 9.97 Å². The van der Waals surface area contributed by atoms with E-state index >= 15 is 0 Å². The maximum Gasteiger partial charge on any atom is 0.289 e. The predicted octanol–water partition coefficient (Wildman–Crippen LogP) is 2.52. The molecule has 0 amide bonds. The Hall–Kier alpha value is -1.17. The standard InChI is InChI=1S/C12H13Cl2N3O2/c1-2-6-19-7-5-17-11-8(3-4-9(13)16-11)15-10(14)12(17)18/h3-4H,2,5-7H2,1H3. The summed E-state index contributed by atoms with van der Waals surface area (Å²) >= 11 is 11.7. The summed E-state index contributed by atoms with van der Waals surface area (Å²) in [6.07, 6.45) is 0.927. The number of ether oxygens (including phenoxy) is 1. The summed E-state index contributed by atoms with van der Waals surface area (Å²) in [6, 6.07) is 3.29. The molecule has 0 atom stereocenters. The lowest BCUT2D eigenvalue weighted by Crippen LogP contribution is -2.25. The topological polar surface area (TPSA) is 57.0 Å². The molecule has 2 rings (SSSR count). The van der Waals surface area contributed by atoms with Crippen molar-refractivity contribution in [2.24, 2.45) is 0 Å². The van der Waals surface area contributed by atoms with Gasteiger partial charge in [-0.2, -0.15) is 0 Å². The quantitative estimate of drug-likeness (QED) is 0.629. The Bertz CT molecular complexity index is 643. The van der Waals surface area contributed by atoms with Crippen LogP contribution in [0.25, 0.3) is 11.2 Å². The Morgan fingerprint density at radius 1 is 1.26 bits per heavy atom. The van der Waals surface area contributed by atoms with Gasteiger partial charge in [0.25, 0.3) is 5.56 Å². The Kier molecular flexibility index (Phi) is 4.74. The van der Waals surface area contributed by atoms with Gasteiger partial charge in [0, 0.05) is 6.61 Å². The fourth-order valence-electron chi connectivity index (χ4n) is 1.67. The number of aromatic nitrogens is 3. The van der Waals surface area contributed by atoms with Crippen molar-refractivity contribution in [1.82, 2.24) is 14.5 Å². The minimum atomic E-state index is -0.385. The molecular weight excluding hydrogens is 289 g/mol. The lowest BCUT2D eigenvalue weighted by Gasteiger charge is -2.09. The van der Waals surface area contributed by atoms with Crippen LogP contribution >= 0.6 is 23.2 Å². The average Bonchev–Trinajstić information content (AvgIpc) is 2.39. The first-order valence-electron chi connectivity index (χ1n) is 5.94. The Morgan fingerprint density at radius 2 is 2.05 bits per heavy atom. The summed E-state index contributed by atoms with van der Waals surface area (Å²) in [5.41, 5.74) is 0.565. The Labute approximate surface area is 120 Å². The summed E-state index contributed by atoms with van der Waals surface area (Å²) in [7, 11) is 0. The highest BCUT2D eigenvalue weighted by Gasteiger charge is 2.10. The highest BCUT2D eigenvalue weighted by molar-refractivity contribution is 6.30. The van der Waals surface area contributed by atoms with E-state index in [1.54, 1.807) is 12.1 Å². The van der Waals surface area contributed by atoms with Crippen molar-refractivity contribution in [3.63, 3.8) is 0 Å².